The smallest absolute Gasteiger partial charge is 0.254 e. The molecule has 1 heterocycles. The summed E-state index contributed by atoms with van der Waals surface area (Å²) >= 11 is 0. The van der Waals surface area contributed by atoms with Crippen molar-refractivity contribution in [2.75, 3.05) is 13.6 Å². The van der Waals surface area contributed by atoms with Crippen LogP contribution in [-0.4, -0.2) is 24.4 Å². The third-order valence-corrected chi connectivity index (χ3v) is 2.89. The molecule has 1 aliphatic rings. The van der Waals surface area contributed by atoms with Gasteiger partial charge in [-0.1, -0.05) is 18.2 Å². The number of hydrogen-bond donors (Lipinski definition) is 1. The summed E-state index contributed by atoms with van der Waals surface area (Å²) in [7, 11) is 1.80. The van der Waals surface area contributed by atoms with Gasteiger partial charge in [0.05, 0.1) is 6.04 Å². The van der Waals surface area contributed by atoms with Crippen LogP contribution >= 0.6 is 0 Å². The van der Waals surface area contributed by atoms with Gasteiger partial charge in [0, 0.05) is 19.2 Å². The van der Waals surface area contributed by atoms with E-state index in [-0.39, 0.29) is 11.9 Å². The topological polar surface area (TPSA) is 46.3 Å². The summed E-state index contributed by atoms with van der Waals surface area (Å²) in [6.45, 7) is 2.45. The lowest BCUT2D eigenvalue weighted by Gasteiger charge is -2.18. The first-order valence-corrected chi connectivity index (χ1v) is 4.73. The van der Waals surface area contributed by atoms with Crippen molar-refractivity contribution in [3.05, 3.63) is 34.9 Å². The van der Waals surface area contributed by atoms with Crippen molar-refractivity contribution in [3.63, 3.8) is 0 Å². The second kappa shape index (κ2) is 3.10. The minimum Gasteiger partial charge on any atom is -0.333 e. The SMILES string of the molecule is Cc1cccc2c1C(=O)N(C)[C@H]2CN. The molecule has 1 atom stereocenters. The van der Waals surface area contributed by atoms with Crippen LogP contribution in [0.25, 0.3) is 0 Å². The first-order valence-electron chi connectivity index (χ1n) is 4.73. The van der Waals surface area contributed by atoms with Gasteiger partial charge in [-0.25, -0.2) is 0 Å². The first-order chi connectivity index (χ1) is 6.66. The van der Waals surface area contributed by atoms with Crippen LogP contribution in [0.4, 0.5) is 0 Å². The number of carbonyl (C=O) groups is 1. The molecule has 0 aliphatic carbocycles. The minimum atomic E-state index is 0.0531. The highest BCUT2D eigenvalue weighted by Crippen LogP contribution is 2.32. The number of carbonyl (C=O) groups excluding carboxylic acids is 1. The number of rotatable bonds is 1. The molecule has 2 N–H and O–H groups in total. The van der Waals surface area contributed by atoms with Crippen LogP contribution in [0.3, 0.4) is 0 Å². The van der Waals surface area contributed by atoms with Crippen LogP contribution in [0.2, 0.25) is 0 Å². The summed E-state index contributed by atoms with van der Waals surface area (Å²) in [6, 6.07) is 5.98. The highest BCUT2D eigenvalue weighted by molar-refractivity contribution is 6.00. The molecule has 1 amide bonds. The quantitative estimate of drug-likeness (QED) is 0.720. The van der Waals surface area contributed by atoms with Gasteiger partial charge in [0.25, 0.3) is 5.91 Å². The van der Waals surface area contributed by atoms with Crippen molar-refractivity contribution in [3.8, 4) is 0 Å². The molecule has 0 unspecified atom stereocenters. The van der Waals surface area contributed by atoms with Crippen LogP contribution in [0.5, 0.6) is 0 Å². The van der Waals surface area contributed by atoms with Gasteiger partial charge in [-0.05, 0) is 18.1 Å². The lowest BCUT2D eigenvalue weighted by Crippen LogP contribution is -2.28. The maximum atomic E-state index is 11.9. The van der Waals surface area contributed by atoms with Gasteiger partial charge >= 0.3 is 0 Å². The van der Waals surface area contributed by atoms with Gasteiger partial charge in [0.2, 0.25) is 0 Å². The van der Waals surface area contributed by atoms with Crippen LogP contribution in [0.1, 0.15) is 27.5 Å². The van der Waals surface area contributed by atoms with E-state index in [0.717, 1.165) is 16.7 Å². The second-order valence-electron chi connectivity index (χ2n) is 3.71. The van der Waals surface area contributed by atoms with Crippen molar-refractivity contribution in [2.24, 2.45) is 5.73 Å². The number of aryl methyl sites for hydroxylation is 1. The van der Waals surface area contributed by atoms with E-state index in [9.17, 15) is 4.79 Å². The van der Waals surface area contributed by atoms with Crippen molar-refractivity contribution in [2.45, 2.75) is 13.0 Å². The molecule has 0 saturated carbocycles. The summed E-state index contributed by atoms with van der Waals surface area (Å²) in [6.07, 6.45) is 0. The molecule has 0 bridgehead atoms. The summed E-state index contributed by atoms with van der Waals surface area (Å²) < 4.78 is 0. The Hall–Kier alpha value is -1.35. The zero-order valence-corrected chi connectivity index (χ0v) is 8.45. The normalized spacial score (nSPS) is 20.1. The van der Waals surface area contributed by atoms with Gasteiger partial charge < -0.3 is 10.6 Å². The average molecular weight is 190 g/mol. The molecule has 2 rings (SSSR count). The zero-order chi connectivity index (χ0) is 10.3. The predicted molar refractivity (Wildman–Crippen MR) is 55.1 cm³/mol. The largest absolute Gasteiger partial charge is 0.333 e. The molecule has 3 heteroatoms. The number of hydrogen-bond acceptors (Lipinski definition) is 2. The molecule has 74 valence electrons. The maximum Gasteiger partial charge on any atom is 0.254 e. The molecular weight excluding hydrogens is 176 g/mol. The van der Waals surface area contributed by atoms with E-state index < -0.39 is 0 Å². The standard InChI is InChI=1S/C11H14N2O/c1-7-4-3-5-8-9(6-12)13(2)11(14)10(7)8/h3-5,9H,6,12H2,1-2H3/t9-/m0/s1. The van der Waals surface area contributed by atoms with Crippen LogP contribution in [0, 0.1) is 6.92 Å². The average Bonchev–Trinajstić information content (AvgIpc) is 2.41. The zero-order valence-electron chi connectivity index (χ0n) is 8.45. The van der Waals surface area contributed by atoms with Crippen LogP contribution in [0.15, 0.2) is 18.2 Å². The van der Waals surface area contributed by atoms with E-state index in [1.807, 2.05) is 25.1 Å². The Morgan fingerprint density at radius 2 is 2.21 bits per heavy atom. The third kappa shape index (κ3) is 1.06. The summed E-state index contributed by atoms with van der Waals surface area (Å²) in [5, 5.41) is 0. The van der Waals surface area contributed by atoms with Crippen molar-refractivity contribution in [1.29, 1.82) is 0 Å². The Kier molecular flexibility index (Phi) is 2.04. The van der Waals surface area contributed by atoms with E-state index >= 15 is 0 Å². The lowest BCUT2D eigenvalue weighted by molar-refractivity contribution is 0.0778. The number of likely N-dealkylation sites (N-methyl/N-ethyl adjacent to an activating group) is 1. The molecule has 14 heavy (non-hydrogen) atoms. The number of fused-ring (bicyclic) bond motifs is 1. The van der Waals surface area contributed by atoms with Crippen molar-refractivity contribution < 1.29 is 4.79 Å². The number of nitrogens with two attached hydrogens (primary N) is 1. The molecule has 0 spiro atoms. The second-order valence-corrected chi connectivity index (χ2v) is 3.71. The van der Waals surface area contributed by atoms with E-state index in [2.05, 4.69) is 0 Å². The van der Waals surface area contributed by atoms with Crippen LogP contribution < -0.4 is 5.73 Å². The first kappa shape index (κ1) is 9.21. The number of nitrogens with zero attached hydrogens (tertiary/aromatic N) is 1. The Morgan fingerprint density at radius 1 is 1.50 bits per heavy atom. The van der Waals surface area contributed by atoms with Crippen molar-refractivity contribution in [1.82, 2.24) is 4.90 Å². The molecule has 1 aromatic rings. The molecule has 0 aromatic heterocycles. The van der Waals surface area contributed by atoms with E-state index in [1.54, 1.807) is 11.9 Å². The third-order valence-electron chi connectivity index (χ3n) is 2.89. The molecule has 0 saturated heterocycles. The fraction of sp³-hybridized carbons (Fsp3) is 0.364. The van der Waals surface area contributed by atoms with E-state index in [4.69, 9.17) is 5.73 Å². The summed E-state index contributed by atoms with van der Waals surface area (Å²) in [5.41, 5.74) is 8.60. The lowest BCUT2D eigenvalue weighted by atomic mass is 10.0. The fourth-order valence-electron chi connectivity index (χ4n) is 2.07. The highest BCUT2D eigenvalue weighted by Gasteiger charge is 2.33. The number of benzene rings is 1. The van der Waals surface area contributed by atoms with Gasteiger partial charge in [-0.2, -0.15) is 0 Å². The van der Waals surface area contributed by atoms with Crippen molar-refractivity contribution >= 4 is 5.91 Å². The molecule has 1 aliphatic heterocycles. The molecule has 1 aromatic carbocycles. The highest BCUT2D eigenvalue weighted by atomic mass is 16.2. The summed E-state index contributed by atoms with van der Waals surface area (Å²) in [4.78, 5) is 13.6. The molecule has 3 nitrogen and oxygen atoms in total. The van der Waals surface area contributed by atoms with E-state index in [0.29, 0.717) is 6.54 Å². The monoisotopic (exact) mass is 190 g/mol. The Balaban J connectivity index is 2.61. The predicted octanol–water partition coefficient (Wildman–Crippen LogP) is 1.08. The number of amides is 1. The van der Waals surface area contributed by atoms with E-state index in [1.165, 1.54) is 0 Å². The fourth-order valence-corrected chi connectivity index (χ4v) is 2.07. The minimum absolute atomic E-state index is 0.0531. The van der Waals surface area contributed by atoms with Gasteiger partial charge in [0.15, 0.2) is 0 Å². The van der Waals surface area contributed by atoms with Gasteiger partial charge in [-0.3, -0.25) is 4.79 Å². The molecule has 0 radical (unpaired) electrons. The Morgan fingerprint density at radius 3 is 2.86 bits per heavy atom. The molecular formula is C11H14N2O. The van der Waals surface area contributed by atoms with Gasteiger partial charge in [0.1, 0.15) is 0 Å². The molecule has 0 fully saturated rings. The summed E-state index contributed by atoms with van der Waals surface area (Å²) in [5.74, 6) is 0.0913. The van der Waals surface area contributed by atoms with Crippen LogP contribution in [-0.2, 0) is 0 Å². The maximum absolute atomic E-state index is 11.9. The van der Waals surface area contributed by atoms with Gasteiger partial charge in [-0.15, -0.1) is 0 Å². The Bertz CT molecular complexity index is 387. The Labute approximate surface area is 83.5 Å².